The van der Waals surface area contributed by atoms with E-state index in [4.69, 9.17) is 33.2 Å². The van der Waals surface area contributed by atoms with Crippen LogP contribution in [0, 0.1) is 10.8 Å². The largest absolute Gasteiger partial charge is 0.508 e. The van der Waals surface area contributed by atoms with Crippen molar-refractivity contribution in [1.29, 1.82) is 0 Å². The third kappa shape index (κ3) is 11.1. The van der Waals surface area contributed by atoms with Gasteiger partial charge in [0.1, 0.15) is 37.1 Å². The van der Waals surface area contributed by atoms with Crippen molar-refractivity contribution < 1.29 is 52.3 Å². The maximum atomic E-state index is 12.6. The van der Waals surface area contributed by atoms with Gasteiger partial charge in [-0.1, -0.05) is 24.3 Å². The van der Waals surface area contributed by atoms with Gasteiger partial charge in [0, 0.05) is 6.20 Å². The van der Waals surface area contributed by atoms with Crippen molar-refractivity contribution in [2.24, 2.45) is 10.8 Å². The van der Waals surface area contributed by atoms with Crippen LogP contribution in [0.25, 0.3) is 0 Å². The van der Waals surface area contributed by atoms with E-state index in [0.29, 0.717) is 22.6 Å². The minimum atomic E-state index is -0.964. The highest BCUT2D eigenvalue weighted by atomic mass is 16.8. The number of hydrogen-bond acceptors (Lipinski definition) is 13. The predicted molar refractivity (Wildman–Crippen MR) is 171 cm³/mol. The molecule has 3 aromatic rings. The third-order valence-corrected chi connectivity index (χ3v) is 6.66. The number of ether oxygens (including phenoxy) is 7. The van der Waals surface area contributed by atoms with E-state index in [0.717, 1.165) is 4.57 Å². The first kappa shape index (κ1) is 36.6. The Morgan fingerprint density at radius 2 is 1.33 bits per heavy atom. The normalized spacial score (nSPS) is 16.0. The van der Waals surface area contributed by atoms with E-state index >= 15 is 0 Å². The molecule has 1 N–H and O–H groups in total. The molecule has 0 unspecified atom stereocenters. The molecule has 49 heavy (non-hydrogen) atoms. The number of rotatable bonds is 10. The second-order valence-corrected chi connectivity index (χ2v) is 13.0. The summed E-state index contributed by atoms with van der Waals surface area (Å²) in [6, 6.07) is 14.4. The molecule has 0 saturated carbocycles. The summed E-state index contributed by atoms with van der Waals surface area (Å²) in [4.78, 5) is 64.8. The van der Waals surface area contributed by atoms with Gasteiger partial charge in [-0.25, -0.2) is 14.4 Å². The number of amides is 1. The minimum Gasteiger partial charge on any atom is -0.444 e. The number of hydrogen-bond donors (Lipinski definition) is 1. The van der Waals surface area contributed by atoms with E-state index in [1.807, 2.05) is 0 Å². The third-order valence-electron chi connectivity index (χ3n) is 6.66. The molecule has 262 valence electrons. The maximum absolute atomic E-state index is 12.6. The van der Waals surface area contributed by atoms with Crippen LogP contribution < -0.4 is 20.5 Å². The van der Waals surface area contributed by atoms with Gasteiger partial charge in [-0.2, -0.15) is 4.98 Å². The van der Waals surface area contributed by atoms with Crippen LogP contribution in [0.4, 0.5) is 15.4 Å². The lowest BCUT2D eigenvalue weighted by atomic mass is 9.97. The Kier molecular flexibility index (Phi) is 11.7. The Morgan fingerprint density at radius 3 is 1.84 bits per heavy atom. The number of nitrogens with one attached hydrogen (secondary N) is 1. The van der Waals surface area contributed by atoms with E-state index in [-0.39, 0.29) is 44.2 Å². The van der Waals surface area contributed by atoms with Crippen molar-refractivity contribution in [3.8, 4) is 11.5 Å². The summed E-state index contributed by atoms with van der Waals surface area (Å²) in [5, 5.41) is 2.39. The molecule has 2 atom stereocenters. The molecule has 1 amide bonds. The maximum Gasteiger partial charge on any atom is 0.508 e. The summed E-state index contributed by atoms with van der Waals surface area (Å²) in [5.41, 5.74) is -0.730. The number of carbonyl (C=O) groups excluding carboxylic acids is 4. The fourth-order valence-corrected chi connectivity index (χ4v) is 3.82. The van der Waals surface area contributed by atoms with Crippen molar-refractivity contribution in [2.45, 2.75) is 67.3 Å². The second kappa shape index (κ2) is 15.7. The quantitative estimate of drug-likeness (QED) is 0.220. The van der Waals surface area contributed by atoms with Crippen molar-refractivity contribution in [1.82, 2.24) is 9.55 Å². The Bertz CT molecular complexity index is 1690. The molecular formula is C34H39N3O12. The van der Waals surface area contributed by atoms with E-state index < -0.39 is 41.3 Å². The number of aromatic nitrogens is 2. The van der Waals surface area contributed by atoms with Gasteiger partial charge in [0.05, 0.1) is 17.4 Å². The highest BCUT2D eigenvalue weighted by Crippen LogP contribution is 2.23. The zero-order valence-electron chi connectivity index (χ0n) is 28.1. The molecule has 0 bridgehead atoms. The van der Waals surface area contributed by atoms with Gasteiger partial charge >= 0.3 is 29.9 Å². The minimum absolute atomic E-state index is 0.0280. The molecule has 15 nitrogen and oxygen atoms in total. The van der Waals surface area contributed by atoms with Crippen molar-refractivity contribution >= 4 is 30.0 Å². The number of esters is 2. The van der Waals surface area contributed by atoms with Gasteiger partial charge in [-0.05, 0) is 83.0 Å². The Balaban J connectivity index is 1.16. The summed E-state index contributed by atoms with van der Waals surface area (Å²) in [5.74, 6) is -0.0444. The Labute approximate surface area is 282 Å². The summed E-state index contributed by atoms with van der Waals surface area (Å²) in [6.45, 7) is 10.0. The van der Waals surface area contributed by atoms with Crippen molar-refractivity contribution in [3.63, 3.8) is 0 Å². The zero-order valence-corrected chi connectivity index (χ0v) is 28.1. The zero-order chi connectivity index (χ0) is 35.8. The average molecular weight is 682 g/mol. The molecule has 0 spiro atoms. The molecular weight excluding hydrogens is 642 g/mol. The van der Waals surface area contributed by atoms with Crippen LogP contribution in [0.3, 0.4) is 0 Å². The summed E-state index contributed by atoms with van der Waals surface area (Å²) >= 11 is 0. The topological polar surface area (TPSA) is 180 Å². The first-order valence-electron chi connectivity index (χ1n) is 15.3. The second-order valence-electron chi connectivity index (χ2n) is 13.0. The monoisotopic (exact) mass is 681 g/mol. The Hall–Kier alpha value is -5.28. The lowest BCUT2D eigenvalue weighted by Gasteiger charge is -2.16. The molecule has 4 rings (SSSR count). The molecule has 0 aliphatic carbocycles. The molecule has 15 heteroatoms. The number of carbonyl (C=O) groups is 4. The molecule has 1 saturated heterocycles. The number of anilines is 1. The fraction of sp³-hybridized carbons (Fsp3) is 0.412. The van der Waals surface area contributed by atoms with Gasteiger partial charge in [-0.15, -0.1) is 0 Å². The summed E-state index contributed by atoms with van der Waals surface area (Å²) < 4.78 is 38.3. The molecule has 1 aliphatic rings. The standard InChI is InChI=1S/C34H39N3O12/c1-33(2,3)28(38)47-23-11-7-21(8-12-23)17-44-31(41)36-25-15-16-37(30(40)35-25)26-19-43-27(49-26)20-46-32(42)45-18-22-9-13-24(14-10-22)48-29(39)34(4,5)6/h7-16,26-27H,17-20H2,1-6H3,(H,35,36,40,41)/t26-,27-/m0/s1. The van der Waals surface area contributed by atoms with Crippen LogP contribution in [0.15, 0.2) is 65.6 Å². The summed E-state index contributed by atoms with van der Waals surface area (Å²) in [7, 11) is 0. The van der Waals surface area contributed by atoms with Crippen LogP contribution in [-0.4, -0.2) is 53.2 Å². The van der Waals surface area contributed by atoms with Crippen LogP contribution in [0.2, 0.25) is 0 Å². The number of nitrogens with zero attached hydrogens (tertiary/aromatic N) is 2. The first-order chi connectivity index (χ1) is 23.1. The predicted octanol–water partition coefficient (Wildman–Crippen LogP) is 5.12. The molecule has 1 fully saturated rings. The van der Waals surface area contributed by atoms with Gasteiger partial charge in [0.25, 0.3) is 0 Å². The SMILES string of the molecule is CC(C)(C)C(=O)Oc1ccc(COC(=O)Nc2ccn([C@@H]3CO[C@H](COC(=O)OCc4ccc(OC(=O)C(C)(C)C)cc4)O3)c(=O)n2)cc1. The lowest BCUT2D eigenvalue weighted by Crippen LogP contribution is -2.29. The Morgan fingerprint density at radius 1 is 0.796 bits per heavy atom. The molecule has 2 aromatic carbocycles. The van der Waals surface area contributed by atoms with Crippen LogP contribution in [0.1, 0.15) is 58.9 Å². The fourth-order valence-electron chi connectivity index (χ4n) is 3.82. The molecule has 0 radical (unpaired) electrons. The van der Waals surface area contributed by atoms with Gasteiger partial charge in [-0.3, -0.25) is 19.5 Å². The van der Waals surface area contributed by atoms with Gasteiger partial charge < -0.3 is 33.2 Å². The van der Waals surface area contributed by atoms with E-state index in [1.165, 1.54) is 12.3 Å². The first-order valence-corrected chi connectivity index (χ1v) is 15.3. The van der Waals surface area contributed by atoms with Crippen LogP contribution in [-0.2, 0) is 46.5 Å². The molecule has 1 aliphatic heterocycles. The van der Waals surface area contributed by atoms with E-state index in [1.54, 1.807) is 90.1 Å². The molecule has 1 aromatic heterocycles. The van der Waals surface area contributed by atoms with Gasteiger partial charge in [0.15, 0.2) is 12.5 Å². The number of benzene rings is 2. The lowest BCUT2D eigenvalue weighted by molar-refractivity contribution is -0.143. The smallest absolute Gasteiger partial charge is 0.444 e. The van der Waals surface area contributed by atoms with Crippen molar-refractivity contribution in [2.75, 3.05) is 18.5 Å². The highest BCUT2D eigenvalue weighted by molar-refractivity contribution is 5.83. The average Bonchev–Trinajstić information content (AvgIpc) is 3.51. The van der Waals surface area contributed by atoms with Crippen molar-refractivity contribution in [3.05, 3.63) is 82.4 Å². The van der Waals surface area contributed by atoms with Gasteiger partial charge in [0.2, 0.25) is 0 Å². The van der Waals surface area contributed by atoms with Crippen LogP contribution in [0.5, 0.6) is 11.5 Å². The molecule has 2 heterocycles. The van der Waals surface area contributed by atoms with E-state index in [2.05, 4.69) is 10.3 Å². The van der Waals surface area contributed by atoms with Crippen LogP contribution >= 0.6 is 0 Å². The van der Waals surface area contributed by atoms with E-state index in [9.17, 15) is 24.0 Å². The highest BCUT2D eigenvalue weighted by Gasteiger charge is 2.30. The summed E-state index contributed by atoms with van der Waals surface area (Å²) in [6.07, 6.45) is -2.26.